The quantitative estimate of drug-likeness (QED) is 0.494. The molecular weight excluding hydrogens is 251 g/mol. The first-order valence-electron chi connectivity index (χ1n) is 5.34. The van der Waals surface area contributed by atoms with E-state index in [0.29, 0.717) is 5.17 Å². The van der Waals surface area contributed by atoms with Gasteiger partial charge in [0, 0.05) is 6.54 Å². The summed E-state index contributed by atoms with van der Waals surface area (Å²) in [5, 5.41) is 31.7. The van der Waals surface area contributed by atoms with Gasteiger partial charge in [-0.3, -0.25) is 4.99 Å². The Kier molecular flexibility index (Phi) is 4.21. The number of hydrogen-bond donors (Lipinski definition) is 4. The van der Waals surface area contributed by atoms with Gasteiger partial charge in [0.1, 0.15) is 36.5 Å². The van der Waals surface area contributed by atoms with Gasteiger partial charge >= 0.3 is 0 Å². The van der Waals surface area contributed by atoms with Gasteiger partial charge in [0.2, 0.25) is 0 Å². The average Bonchev–Trinajstić information content (AvgIpc) is 2.74. The van der Waals surface area contributed by atoms with Gasteiger partial charge in [0.05, 0.1) is 6.61 Å². The van der Waals surface area contributed by atoms with Gasteiger partial charge in [-0.15, -0.1) is 0 Å². The molecule has 2 rings (SSSR count). The number of thioether (sulfide) groups is 1. The number of aliphatic imine (C=N–C) groups is 1. The van der Waals surface area contributed by atoms with E-state index in [4.69, 9.17) is 9.84 Å². The summed E-state index contributed by atoms with van der Waals surface area (Å²) < 4.78 is 17.4. The highest BCUT2D eigenvalue weighted by Gasteiger charge is 2.47. The summed E-state index contributed by atoms with van der Waals surface area (Å²) in [6.07, 6.45) is -3.05. The van der Waals surface area contributed by atoms with Gasteiger partial charge in [-0.05, 0) is 0 Å². The summed E-state index contributed by atoms with van der Waals surface area (Å²) in [5.74, 6) is 0. The Morgan fingerprint density at radius 3 is 2.82 bits per heavy atom. The molecule has 6 nitrogen and oxygen atoms in total. The molecule has 0 bridgehead atoms. The Morgan fingerprint density at radius 1 is 1.41 bits per heavy atom. The maximum atomic E-state index is 12.0. The lowest BCUT2D eigenvalue weighted by molar-refractivity contribution is -0.164. The second kappa shape index (κ2) is 5.49. The molecule has 0 amide bonds. The third-order valence-corrected chi connectivity index (χ3v) is 3.81. The number of halogens is 1. The van der Waals surface area contributed by atoms with Crippen LogP contribution in [0.2, 0.25) is 0 Å². The molecule has 0 spiro atoms. The van der Waals surface area contributed by atoms with Crippen LogP contribution in [0.4, 0.5) is 4.39 Å². The van der Waals surface area contributed by atoms with Crippen molar-refractivity contribution < 1.29 is 24.4 Å². The van der Waals surface area contributed by atoms with E-state index < -0.39 is 36.5 Å². The second-order valence-electron chi connectivity index (χ2n) is 3.87. The van der Waals surface area contributed by atoms with Gasteiger partial charge in [-0.1, -0.05) is 11.8 Å². The van der Waals surface area contributed by atoms with Crippen LogP contribution in [0.15, 0.2) is 4.99 Å². The summed E-state index contributed by atoms with van der Waals surface area (Å²) >= 11 is 1.23. The SMILES string of the molecule is OC[C@H]1OC2SC(NCCF)=N[C@H]2[C@@H](O)[C@@H]1O. The highest BCUT2D eigenvalue weighted by atomic mass is 32.2. The molecule has 17 heavy (non-hydrogen) atoms. The number of nitrogens with one attached hydrogen (secondary N) is 1. The van der Waals surface area contributed by atoms with Crippen LogP contribution < -0.4 is 5.32 Å². The van der Waals surface area contributed by atoms with Crippen molar-refractivity contribution in [2.75, 3.05) is 19.8 Å². The molecule has 5 atom stereocenters. The smallest absolute Gasteiger partial charge is 0.159 e. The number of nitrogens with zero attached hydrogens (tertiary/aromatic N) is 1. The molecule has 1 fully saturated rings. The number of ether oxygens (including phenoxy) is 1. The summed E-state index contributed by atoms with van der Waals surface area (Å²) in [6, 6.07) is -0.583. The number of aliphatic hydroxyl groups is 3. The van der Waals surface area contributed by atoms with Crippen molar-refractivity contribution in [3.05, 3.63) is 0 Å². The number of fused-ring (bicyclic) bond motifs is 1. The van der Waals surface area contributed by atoms with Crippen LogP contribution in [-0.4, -0.2) is 70.1 Å². The van der Waals surface area contributed by atoms with E-state index in [1.807, 2.05) is 0 Å². The van der Waals surface area contributed by atoms with Gasteiger partial charge in [-0.2, -0.15) is 0 Å². The lowest BCUT2D eigenvalue weighted by Gasteiger charge is -2.37. The van der Waals surface area contributed by atoms with Crippen molar-refractivity contribution in [1.29, 1.82) is 0 Å². The van der Waals surface area contributed by atoms with Crippen molar-refractivity contribution in [2.45, 2.75) is 29.8 Å². The molecule has 1 unspecified atom stereocenters. The number of rotatable bonds is 3. The minimum absolute atomic E-state index is 0.146. The number of alkyl halides is 1. The summed E-state index contributed by atoms with van der Waals surface area (Å²) in [4.78, 5) is 4.13. The van der Waals surface area contributed by atoms with Crippen LogP contribution in [0.25, 0.3) is 0 Å². The Balaban J connectivity index is 2.01. The molecule has 1 saturated heterocycles. The molecule has 8 heteroatoms. The standard InChI is InChI=1S/C9H15FN2O4S/c10-1-2-11-9-12-5-7(15)6(14)4(3-13)16-8(5)17-9/h4-8,13-15H,1-3H2,(H,11,12)/t4-,5+,6-,7-,8?/m1/s1. The highest BCUT2D eigenvalue weighted by Crippen LogP contribution is 2.35. The first-order valence-corrected chi connectivity index (χ1v) is 6.22. The van der Waals surface area contributed by atoms with Crippen LogP contribution in [-0.2, 0) is 4.74 Å². The first-order chi connectivity index (χ1) is 8.17. The Bertz CT molecular complexity index is 307. The molecule has 0 aliphatic carbocycles. The molecule has 0 aromatic heterocycles. The maximum Gasteiger partial charge on any atom is 0.159 e. The molecule has 0 saturated carbocycles. The zero-order valence-corrected chi connectivity index (χ0v) is 9.81. The number of hydrogen-bond acceptors (Lipinski definition) is 7. The fraction of sp³-hybridized carbons (Fsp3) is 0.889. The van der Waals surface area contributed by atoms with Crippen LogP contribution in [0, 0.1) is 0 Å². The van der Waals surface area contributed by atoms with Crippen LogP contribution in [0.3, 0.4) is 0 Å². The van der Waals surface area contributed by atoms with Crippen LogP contribution in [0.5, 0.6) is 0 Å². The van der Waals surface area contributed by atoms with Crippen molar-refractivity contribution >= 4 is 16.9 Å². The van der Waals surface area contributed by atoms with Crippen molar-refractivity contribution in [3.8, 4) is 0 Å². The van der Waals surface area contributed by atoms with E-state index in [9.17, 15) is 14.6 Å². The van der Waals surface area contributed by atoms with E-state index in [0.717, 1.165) is 0 Å². The van der Waals surface area contributed by atoms with E-state index in [1.54, 1.807) is 0 Å². The average molecular weight is 266 g/mol. The lowest BCUT2D eigenvalue weighted by atomic mass is 9.99. The zero-order valence-electron chi connectivity index (χ0n) is 8.99. The third-order valence-electron chi connectivity index (χ3n) is 2.71. The van der Waals surface area contributed by atoms with Gasteiger partial charge in [0.15, 0.2) is 5.17 Å². The Labute approximate surface area is 102 Å². The summed E-state index contributed by atoms with van der Waals surface area (Å²) in [6.45, 7) is -0.733. The molecule has 2 heterocycles. The van der Waals surface area contributed by atoms with E-state index >= 15 is 0 Å². The van der Waals surface area contributed by atoms with Crippen molar-refractivity contribution in [3.63, 3.8) is 0 Å². The fourth-order valence-electron chi connectivity index (χ4n) is 1.82. The number of aliphatic hydroxyl groups excluding tert-OH is 3. The van der Waals surface area contributed by atoms with Crippen molar-refractivity contribution in [1.82, 2.24) is 5.32 Å². The maximum absolute atomic E-state index is 12.0. The monoisotopic (exact) mass is 266 g/mol. The molecule has 0 aromatic carbocycles. The van der Waals surface area contributed by atoms with Gasteiger partial charge in [0.25, 0.3) is 0 Å². The van der Waals surface area contributed by atoms with Gasteiger partial charge < -0.3 is 25.4 Å². The minimum atomic E-state index is -1.16. The molecule has 2 aliphatic heterocycles. The van der Waals surface area contributed by atoms with Crippen LogP contribution in [0.1, 0.15) is 0 Å². The Morgan fingerprint density at radius 2 is 2.18 bits per heavy atom. The van der Waals surface area contributed by atoms with E-state index in [1.165, 1.54) is 11.8 Å². The van der Waals surface area contributed by atoms with Gasteiger partial charge in [-0.25, -0.2) is 4.39 Å². The number of amidine groups is 1. The minimum Gasteiger partial charge on any atom is -0.394 e. The predicted octanol–water partition coefficient (Wildman–Crippen LogP) is -1.54. The normalized spacial score (nSPS) is 40.9. The van der Waals surface area contributed by atoms with E-state index in [-0.39, 0.29) is 13.2 Å². The Hall–Kier alpha value is -0.410. The van der Waals surface area contributed by atoms with E-state index in [2.05, 4.69) is 10.3 Å². The molecule has 0 aromatic rings. The largest absolute Gasteiger partial charge is 0.394 e. The molecular formula is C9H15FN2O4S. The zero-order chi connectivity index (χ0) is 12.4. The highest BCUT2D eigenvalue weighted by molar-refractivity contribution is 8.14. The topological polar surface area (TPSA) is 94.3 Å². The summed E-state index contributed by atoms with van der Waals surface area (Å²) in [5.41, 5.74) is -0.451. The summed E-state index contributed by atoms with van der Waals surface area (Å²) in [7, 11) is 0. The third kappa shape index (κ3) is 2.55. The second-order valence-corrected chi connectivity index (χ2v) is 4.95. The predicted molar refractivity (Wildman–Crippen MR) is 60.6 cm³/mol. The molecule has 2 aliphatic rings. The molecule has 4 N–H and O–H groups in total. The fourth-order valence-corrected chi connectivity index (χ4v) is 2.97. The lowest BCUT2D eigenvalue weighted by Crippen LogP contribution is -2.55. The van der Waals surface area contributed by atoms with Crippen LogP contribution >= 0.6 is 11.8 Å². The first kappa shape index (κ1) is 13.0. The van der Waals surface area contributed by atoms with Crippen molar-refractivity contribution in [2.24, 2.45) is 4.99 Å². The molecule has 98 valence electrons. The molecule has 0 radical (unpaired) electrons.